The fraction of sp³-hybridized carbons (Fsp3) is 0.962. The molecule has 0 spiro atoms. The van der Waals surface area contributed by atoms with E-state index in [-0.39, 0.29) is 16.7 Å². The van der Waals surface area contributed by atoms with Gasteiger partial charge in [0.1, 0.15) is 5.78 Å². The van der Waals surface area contributed by atoms with Crippen molar-refractivity contribution in [1.29, 1.82) is 0 Å². The van der Waals surface area contributed by atoms with Crippen LogP contribution in [0.5, 0.6) is 0 Å². The Bertz CT molecular complexity index is 737. The average Bonchev–Trinajstić information content (AvgIpc) is 3.34. The van der Waals surface area contributed by atoms with Crippen LogP contribution in [0, 0.1) is 46.3 Å². The molecule has 5 saturated carbocycles. The van der Waals surface area contributed by atoms with Crippen LogP contribution in [-0.2, 0) is 9.53 Å². The van der Waals surface area contributed by atoms with Gasteiger partial charge in [0.2, 0.25) is 0 Å². The van der Waals surface area contributed by atoms with E-state index in [1.54, 1.807) is 0 Å². The SMILES string of the molecule is C[C@]12CC[C@H]3[C@@H](CC[C@H]4C5C[C@@]5(O)CC[C@@]43CO)[C@@H]1CC[C@@H]2C(=O)CN1CCOCC1. The van der Waals surface area contributed by atoms with Gasteiger partial charge in [-0.15, -0.1) is 0 Å². The molecule has 0 amide bonds. The molecule has 1 saturated heterocycles. The molecule has 6 aliphatic rings. The molecular weight excluding hydrogens is 390 g/mol. The predicted molar refractivity (Wildman–Crippen MR) is 117 cm³/mol. The van der Waals surface area contributed by atoms with Crippen molar-refractivity contribution in [2.45, 2.75) is 70.3 Å². The minimum absolute atomic E-state index is 0.0353. The minimum atomic E-state index is -0.399. The quantitative estimate of drug-likeness (QED) is 0.716. The number of morpholine rings is 1. The number of rotatable bonds is 4. The number of nitrogens with zero attached hydrogens (tertiary/aromatic N) is 1. The molecule has 5 heteroatoms. The Morgan fingerprint density at radius 3 is 2.52 bits per heavy atom. The zero-order chi connectivity index (χ0) is 21.4. The number of carbonyl (C=O) groups excluding carboxylic acids is 1. The Labute approximate surface area is 186 Å². The van der Waals surface area contributed by atoms with Gasteiger partial charge in [-0.1, -0.05) is 6.92 Å². The predicted octanol–water partition coefficient (Wildman–Crippen LogP) is 2.88. The molecule has 6 fully saturated rings. The molecule has 0 bridgehead atoms. The summed E-state index contributed by atoms with van der Waals surface area (Å²) in [6, 6.07) is 0. The molecule has 1 unspecified atom stereocenters. The van der Waals surface area contributed by atoms with Crippen LogP contribution in [0.1, 0.15) is 64.7 Å². The first-order valence-electron chi connectivity index (χ1n) is 13.1. The van der Waals surface area contributed by atoms with E-state index < -0.39 is 5.60 Å². The number of aliphatic hydroxyl groups excluding tert-OH is 1. The van der Waals surface area contributed by atoms with Crippen molar-refractivity contribution in [2.24, 2.45) is 46.3 Å². The number of carbonyl (C=O) groups is 1. The summed E-state index contributed by atoms with van der Waals surface area (Å²) in [6.07, 6.45) is 9.84. The van der Waals surface area contributed by atoms with Crippen molar-refractivity contribution < 1.29 is 19.7 Å². The molecule has 5 aliphatic carbocycles. The molecule has 6 rings (SSSR count). The second kappa shape index (κ2) is 7.25. The summed E-state index contributed by atoms with van der Waals surface area (Å²) in [5.74, 6) is 3.52. The molecule has 5 nitrogen and oxygen atoms in total. The van der Waals surface area contributed by atoms with Crippen molar-refractivity contribution in [3.8, 4) is 0 Å². The van der Waals surface area contributed by atoms with Gasteiger partial charge < -0.3 is 14.9 Å². The van der Waals surface area contributed by atoms with E-state index in [1.165, 1.54) is 25.7 Å². The van der Waals surface area contributed by atoms with E-state index in [1.807, 2.05) is 0 Å². The van der Waals surface area contributed by atoms with Crippen LogP contribution in [0.3, 0.4) is 0 Å². The van der Waals surface area contributed by atoms with Crippen molar-refractivity contribution in [2.75, 3.05) is 39.5 Å². The van der Waals surface area contributed by atoms with Gasteiger partial charge in [0, 0.05) is 25.6 Å². The zero-order valence-corrected chi connectivity index (χ0v) is 19.2. The van der Waals surface area contributed by atoms with E-state index in [0.717, 1.165) is 58.4 Å². The lowest BCUT2D eigenvalue weighted by Crippen LogP contribution is -2.57. The van der Waals surface area contributed by atoms with Gasteiger partial charge in [0.15, 0.2) is 0 Å². The summed E-state index contributed by atoms with van der Waals surface area (Å²) >= 11 is 0. The van der Waals surface area contributed by atoms with Crippen molar-refractivity contribution in [3.63, 3.8) is 0 Å². The highest BCUT2D eigenvalue weighted by Gasteiger charge is 2.70. The van der Waals surface area contributed by atoms with Crippen LogP contribution in [0.2, 0.25) is 0 Å². The lowest BCUT2D eigenvalue weighted by Gasteiger charge is -2.61. The van der Waals surface area contributed by atoms with E-state index in [4.69, 9.17) is 4.74 Å². The Hall–Kier alpha value is -0.490. The Morgan fingerprint density at radius 2 is 1.74 bits per heavy atom. The molecule has 2 N–H and O–H groups in total. The lowest BCUT2D eigenvalue weighted by atomic mass is 9.44. The summed E-state index contributed by atoms with van der Waals surface area (Å²) < 4.78 is 5.46. The van der Waals surface area contributed by atoms with Gasteiger partial charge >= 0.3 is 0 Å². The monoisotopic (exact) mass is 431 g/mol. The molecule has 0 aromatic carbocycles. The van der Waals surface area contributed by atoms with Crippen LogP contribution >= 0.6 is 0 Å². The van der Waals surface area contributed by atoms with Crippen LogP contribution < -0.4 is 0 Å². The standard InChI is InChI=1S/C26H41NO4/c1-24-7-6-19-17(2-3-20-22-14-26(22,30)9-8-25(19,20)16-28)18(24)4-5-21(24)23(29)15-27-10-12-31-13-11-27/h17-22,28,30H,2-16H2,1H3/t17-,18-,19-,20-,21+,22?,24-,25-,26-/m0/s1. The minimum Gasteiger partial charge on any atom is -0.396 e. The molecule has 174 valence electrons. The third-order valence-electron chi connectivity index (χ3n) is 11.5. The highest BCUT2D eigenvalue weighted by Crippen LogP contribution is 2.72. The molecule has 9 atom stereocenters. The van der Waals surface area contributed by atoms with Crippen molar-refractivity contribution in [1.82, 2.24) is 4.90 Å². The maximum absolute atomic E-state index is 13.4. The maximum atomic E-state index is 13.4. The first-order chi connectivity index (χ1) is 14.9. The fourth-order valence-corrected chi connectivity index (χ4v) is 9.82. The molecule has 31 heavy (non-hydrogen) atoms. The smallest absolute Gasteiger partial charge is 0.150 e. The van der Waals surface area contributed by atoms with Gasteiger partial charge in [-0.25, -0.2) is 0 Å². The summed E-state index contributed by atoms with van der Waals surface area (Å²) in [7, 11) is 0. The zero-order valence-electron chi connectivity index (χ0n) is 19.2. The number of hydrogen-bond acceptors (Lipinski definition) is 5. The Balaban J connectivity index is 1.21. The first kappa shape index (κ1) is 21.1. The topological polar surface area (TPSA) is 70.0 Å². The largest absolute Gasteiger partial charge is 0.396 e. The molecule has 1 heterocycles. The van der Waals surface area contributed by atoms with Crippen LogP contribution in [0.4, 0.5) is 0 Å². The van der Waals surface area contributed by atoms with Crippen molar-refractivity contribution in [3.05, 3.63) is 0 Å². The molecule has 1 aliphatic heterocycles. The first-order valence-corrected chi connectivity index (χ1v) is 13.1. The summed E-state index contributed by atoms with van der Waals surface area (Å²) in [5, 5.41) is 21.5. The highest BCUT2D eigenvalue weighted by atomic mass is 16.5. The normalized spacial score (nSPS) is 53.8. The van der Waals surface area contributed by atoms with Gasteiger partial charge in [0.05, 0.1) is 25.4 Å². The number of ketones is 1. The Kier molecular flexibility index (Phi) is 4.93. The third-order valence-corrected chi connectivity index (χ3v) is 11.5. The van der Waals surface area contributed by atoms with E-state index >= 15 is 0 Å². The van der Waals surface area contributed by atoms with Crippen LogP contribution in [-0.4, -0.2) is 66.0 Å². The molecular formula is C26H41NO4. The van der Waals surface area contributed by atoms with Crippen LogP contribution in [0.25, 0.3) is 0 Å². The average molecular weight is 432 g/mol. The molecule has 0 aromatic rings. The fourth-order valence-electron chi connectivity index (χ4n) is 9.82. The van der Waals surface area contributed by atoms with Gasteiger partial charge in [0.25, 0.3) is 0 Å². The maximum Gasteiger partial charge on any atom is 0.150 e. The van der Waals surface area contributed by atoms with E-state index in [2.05, 4.69) is 11.8 Å². The highest BCUT2D eigenvalue weighted by molar-refractivity contribution is 5.84. The number of Topliss-reactive ketones (excluding diaryl/α,β-unsaturated/α-hetero) is 1. The number of fused-ring (bicyclic) bond motifs is 7. The summed E-state index contributed by atoms with van der Waals surface area (Å²) in [5.41, 5.74) is -0.222. The van der Waals surface area contributed by atoms with Gasteiger partial charge in [-0.05, 0) is 98.2 Å². The second-order valence-corrected chi connectivity index (χ2v) is 12.4. The third kappa shape index (κ3) is 2.98. The molecule has 0 radical (unpaired) electrons. The van der Waals surface area contributed by atoms with E-state index in [0.29, 0.717) is 48.5 Å². The van der Waals surface area contributed by atoms with Gasteiger partial charge in [-0.2, -0.15) is 0 Å². The number of aliphatic hydroxyl groups is 2. The number of ether oxygens (including phenoxy) is 1. The number of hydrogen-bond donors (Lipinski definition) is 2. The van der Waals surface area contributed by atoms with E-state index in [9.17, 15) is 15.0 Å². The Morgan fingerprint density at radius 1 is 0.968 bits per heavy atom. The van der Waals surface area contributed by atoms with Crippen LogP contribution in [0.15, 0.2) is 0 Å². The van der Waals surface area contributed by atoms with Crippen molar-refractivity contribution >= 4 is 5.78 Å². The van der Waals surface area contributed by atoms with Gasteiger partial charge in [-0.3, -0.25) is 9.69 Å². The lowest BCUT2D eigenvalue weighted by molar-refractivity contribution is -0.159. The summed E-state index contributed by atoms with van der Waals surface area (Å²) in [4.78, 5) is 15.7. The summed E-state index contributed by atoms with van der Waals surface area (Å²) in [6.45, 7) is 6.61. The molecule has 0 aromatic heterocycles. The second-order valence-electron chi connectivity index (χ2n) is 12.4.